The summed E-state index contributed by atoms with van der Waals surface area (Å²) in [5, 5.41) is 6.21. The number of fused-ring (bicyclic) bond motifs is 1. The van der Waals surface area contributed by atoms with Gasteiger partial charge in [0.15, 0.2) is 6.61 Å². The maximum atomic E-state index is 13.5. The number of hydrazone groups is 1. The number of furan rings is 2. The Balaban J connectivity index is 1.22. The van der Waals surface area contributed by atoms with Crippen LogP contribution < -0.4 is 0 Å². The number of allylic oxidation sites excluding steroid dienone is 1. The molecular formula is C32H28N2O5. The van der Waals surface area contributed by atoms with Gasteiger partial charge in [-0.1, -0.05) is 48.5 Å². The van der Waals surface area contributed by atoms with E-state index in [4.69, 9.17) is 18.7 Å². The van der Waals surface area contributed by atoms with E-state index in [-0.39, 0.29) is 5.92 Å². The van der Waals surface area contributed by atoms with Gasteiger partial charge >= 0.3 is 5.97 Å². The smallest absolute Gasteiger partial charge is 0.338 e. The van der Waals surface area contributed by atoms with Crippen LogP contribution in [0.5, 0.6) is 0 Å². The fourth-order valence-corrected chi connectivity index (χ4v) is 5.45. The van der Waals surface area contributed by atoms with Crippen LogP contribution in [0, 0.1) is 5.92 Å². The molecule has 0 N–H and O–H groups in total. The SMILES string of the molecule is O=C(OCC(=O)N1N=C2C(=Cc3ccco3)CCCC2C1c1ccco1)c1ccccc1Cc1ccccc1. The predicted octanol–water partition coefficient (Wildman–Crippen LogP) is 6.44. The maximum Gasteiger partial charge on any atom is 0.338 e. The summed E-state index contributed by atoms with van der Waals surface area (Å²) >= 11 is 0. The molecule has 2 aliphatic rings. The van der Waals surface area contributed by atoms with Crippen molar-refractivity contribution in [2.45, 2.75) is 31.7 Å². The number of amides is 1. The number of hydrogen-bond donors (Lipinski definition) is 0. The Morgan fingerprint density at radius 1 is 0.949 bits per heavy atom. The highest BCUT2D eigenvalue weighted by molar-refractivity contribution is 6.08. The first kappa shape index (κ1) is 24.7. The number of hydrogen-bond acceptors (Lipinski definition) is 6. The third-order valence-corrected chi connectivity index (χ3v) is 7.25. The summed E-state index contributed by atoms with van der Waals surface area (Å²) in [5.41, 5.74) is 4.27. The van der Waals surface area contributed by atoms with Crippen molar-refractivity contribution in [1.82, 2.24) is 5.01 Å². The first-order valence-electron chi connectivity index (χ1n) is 13.1. The number of ether oxygens (including phenoxy) is 1. The van der Waals surface area contributed by atoms with E-state index in [1.807, 2.05) is 72.8 Å². The van der Waals surface area contributed by atoms with Crippen molar-refractivity contribution in [2.24, 2.45) is 11.0 Å². The summed E-state index contributed by atoms with van der Waals surface area (Å²) in [6.07, 6.45) is 8.49. The molecule has 39 heavy (non-hydrogen) atoms. The third kappa shape index (κ3) is 5.21. The zero-order valence-corrected chi connectivity index (χ0v) is 21.4. The first-order valence-corrected chi connectivity index (χ1v) is 13.1. The number of nitrogens with zero attached hydrogens (tertiary/aromatic N) is 2. The minimum Gasteiger partial charge on any atom is -0.467 e. The normalized spacial score (nSPS) is 19.5. The molecule has 6 rings (SSSR count). The molecule has 1 saturated carbocycles. The Kier molecular flexibility index (Phi) is 6.95. The standard InChI is InChI=1S/C32H28N2O5/c35-29(21-39-32(36)26-14-5-4-11-23(26)19-22-9-2-1-3-10-22)34-31(28-16-8-18-38-28)27-15-6-12-24(30(27)33-34)20-25-13-7-17-37-25/h1-5,7-11,13-14,16-18,20,27,31H,6,12,15,19,21H2. The average molecular weight is 521 g/mol. The largest absolute Gasteiger partial charge is 0.467 e. The van der Waals surface area contributed by atoms with E-state index in [2.05, 4.69) is 0 Å². The molecule has 196 valence electrons. The second-order valence-corrected chi connectivity index (χ2v) is 9.76. The lowest BCUT2D eigenvalue weighted by atomic mass is 9.79. The second kappa shape index (κ2) is 11.0. The number of carbonyl (C=O) groups excluding carboxylic acids is 2. The summed E-state index contributed by atoms with van der Waals surface area (Å²) in [4.78, 5) is 26.6. The summed E-state index contributed by atoms with van der Waals surface area (Å²) in [6, 6.07) is 24.3. The van der Waals surface area contributed by atoms with Gasteiger partial charge in [0, 0.05) is 5.92 Å². The topological polar surface area (TPSA) is 85.3 Å². The van der Waals surface area contributed by atoms with Crippen LogP contribution in [0.3, 0.4) is 0 Å². The van der Waals surface area contributed by atoms with Gasteiger partial charge < -0.3 is 13.6 Å². The van der Waals surface area contributed by atoms with Crippen molar-refractivity contribution < 1.29 is 23.2 Å². The maximum absolute atomic E-state index is 13.5. The molecule has 0 saturated heterocycles. The Labute approximate surface area is 226 Å². The van der Waals surface area contributed by atoms with Crippen LogP contribution in [-0.4, -0.2) is 29.2 Å². The predicted molar refractivity (Wildman–Crippen MR) is 146 cm³/mol. The number of esters is 1. The quantitative estimate of drug-likeness (QED) is 0.262. The van der Waals surface area contributed by atoms with E-state index < -0.39 is 24.5 Å². The molecule has 1 aliphatic carbocycles. The van der Waals surface area contributed by atoms with Gasteiger partial charge in [-0.25, -0.2) is 9.80 Å². The number of benzene rings is 2. The monoisotopic (exact) mass is 520 g/mol. The Morgan fingerprint density at radius 3 is 2.54 bits per heavy atom. The summed E-state index contributed by atoms with van der Waals surface area (Å²) in [7, 11) is 0. The van der Waals surface area contributed by atoms with Crippen LogP contribution in [0.4, 0.5) is 0 Å². The van der Waals surface area contributed by atoms with E-state index in [1.54, 1.807) is 24.7 Å². The molecule has 1 amide bonds. The van der Waals surface area contributed by atoms with E-state index in [0.29, 0.717) is 17.7 Å². The molecule has 2 aromatic carbocycles. The van der Waals surface area contributed by atoms with E-state index in [9.17, 15) is 9.59 Å². The summed E-state index contributed by atoms with van der Waals surface area (Å²) in [6.45, 7) is -0.420. The molecule has 1 aliphatic heterocycles. The molecule has 7 nitrogen and oxygen atoms in total. The van der Waals surface area contributed by atoms with Gasteiger partial charge in [-0.3, -0.25) is 4.79 Å². The second-order valence-electron chi connectivity index (χ2n) is 9.76. The molecule has 2 aromatic heterocycles. The van der Waals surface area contributed by atoms with Crippen LogP contribution >= 0.6 is 0 Å². The van der Waals surface area contributed by atoms with Crippen LogP contribution in [0.25, 0.3) is 6.08 Å². The molecule has 0 spiro atoms. The molecule has 4 aromatic rings. The summed E-state index contributed by atoms with van der Waals surface area (Å²) < 4.78 is 16.8. The third-order valence-electron chi connectivity index (χ3n) is 7.25. The van der Waals surface area contributed by atoms with Crippen LogP contribution in [0.1, 0.15) is 58.3 Å². The molecular weight excluding hydrogens is 492 g/mol. The minimum absolute atomic E-state index is 0.0163. The Bertz CT molecular complexity index is 1500. The van der Waals surface area contributed by atoms with Crippen molar-refractivity contribution in [2.75, 3.05) is 6.61 Å². The van der Waals surface area contributed by atoms with E-state index in [1.165, 1.54) is 5.01 Å². The zero-order valence-electron chi connectivity index (χ0n) is 21.4. The highest BCUT2D eigenvalue weighted by atomic mass is 16.5. The Hall–Kier alpha value is -4.65. The lowest BCUT2D eigenvalue weighted by Gasteiger charge is -2.27. The van der Waals surface area contributed by atoms with Crippen molar-refractivity contribution >= 4 is 23.7 Å². The van der Waals surface area contributed by atoms with Crippen molar-refractivity contribution in [3.63, 3.8) is 0 Å². The van der Waals surface area contributed by atoms with Crippen molar-refractivity contribution in [3.8, 4) is 0 Å². The van der Waals surface area contributed by atoms with Crippen LogP contribution in [0.15, 0.2) is 111 Å². The molecule has 7 heteroatoms. The number of carbonyl (C=O) groups is 2. The van der Waals surface area contributed by atoms with Gasteiger partial charge in [0.2, 0.25) is 0 Å². The van der Waals surface area contributed by atoms with Gasteiger partial charge in [-0.15, -0.1) is 0 Å². The van der Waals surface area contributed by atoms with Gasteiger partial charge in [0.25, 0.3) is 5.91 Å². The van der Waals surface area contributed by atoms with Crippen molar-refractivity contribution in [1.29, 1.82) is 0 Å². The fourth-order valence-electron chi connectivity index (χ4n) is 5.45. The molecule has 0 radical (unpaired) electrons. The lowest BCUT2D eigenvalue weighted by molar-refractivity contribution is -0.137. The van der Waals surface area contributed by atoms with E-state index in [0.717, 1.165) is 47.4 Å². The Morgan fingerprint density at radius 2 is 1.74 bits per heavy atom. The van der Waals surface area contributed by atoms with Gasteiger partial charge in [0.1, 0.15) is 17.6 Å². The zero-order chi connectivity index (χ0) is 26.6. The van der Waals surface area contributed by atoms with Crippen LogP contribution in [0.2, 0.25) is 0 Å². The lowest BCUT2D eigenvalue weighted by Crippen LogP contribution is -2.34. The van der Waals surface area contributed by atoms with Gasteiger partial charge in [-0.05, 0) is 78.8 Å². The first-order chi connectivity index (χ1) is 19.2. The minimum atomic E-state index is -0.535. The highest BCUT2D eigenvalue weighted by Gasteiger charge is 2.45. The highest BCUT2D eigenvalue weighted by Crippen LogP contribution is 2.44. The molecule has 2 unspecified atom stereocenters. The molecule has 0 bridgehead atoms. The van der Waals surface area contributed by atoms with Gasteiger partial charge in [0.05, 0.1) is 23.8 Å². The van der Waals surface area contributed by atoms with E-state index >= 15 is 0 Å². The van der Waals surface area contributed by atoms with Crippen molar-refractivity contribution in [3.05, 3.63) is 125 Å². The number of rotatable bonds is 7. The van der Waals surface area contributed by atoms with Crippen LogP contribution in [-0.2, 0) is 16.0 Å². The fraction of sp³-hybridized carbons (Fsp3) is 0.219. The molecule has 1 fully saturated rings. The molecule has 3 heterocycles. The molecule has 2 atom stereocenters. The summed E-state index contributed by atoms with van der Waals surface area (Å²) in [5.74, 6) is 0.454. The van der Waals surface area contributed by atoms with Gasteiger partial charge in [-0.2, -0.15) is 5.10 Å². The average Bonchev–Trinajstić information content (AvgIpc) is 3.74.